The summed E-state index contributed by atoms with van der Waals surface area (Å²) in [5, 5.41) is 6.98. The lowest BCUT2D eigenvalue weighted by Crippen LogP contribution is -2.28. The molecule has 1 unspecified atom stereocenters. The summed E-state index contributed by atoms with van der Waals surface area (Å²) in [5.41, 5.74) is 0. The molecule has 0 heterocycles. The summed E-state index contributed by atoms with van der Waals surface area (Å²) in [6.07, 6.45) is 1.18. The van der Waals surface area contributed by atoms with E-state index in [1.54, 1.807) is 0 Å². The zero-order valence-electron chi connectivity index (χ0n) is 6.15. The molecule has 0 bridgehead atoms. The Bertz CT molecular complexity index is 252. The number of aliphatic carboxylic acids is 1. The van der Waals surface area contributed by atoms with Crippen molar-refractivity contribution in [3.05, 3.63) is 12.7 Å². The van der Waals surface area contributed by atoms with Gasteiger partial charge in [-0.05, 0) is 6.92 Å². The first-order chi connectivity index (χ1) is 4.91. The number of rotatable bonds is 4. The highest BCUT2D eigenvalue weighted by atomic mass is 32.2. The summed E-state index contributed by atoms with van der Waals surface area (Å²) < 4.78 is 21.8. The van der Waals surface area contributed by atoms with Crippen LogP contribution in [0.25, 0.3) is 0 Å². The van der Waals surface area contributed by atoms with Crippen LogP contribution in [0.1, 0.15) is 6.92 Å². The summed E-state index contributed by atoms with van der Waals surface area (Å²) in [5.74, 6) is -1.62. The Hall–Kier alpha value is -0.840. The van der Waals surface area contributed by atoms with Crippen LogP contribution in [0.4, 0.5) is 0 Å². The monoisotopic (exact) mass is 178 g/mol. The first-order valence-electron chi connectivity index (χ1n) is 2.97. The van der Waals surface area contributed by atoms with Crippen LogP contribution in [-0.4, -0.2) is 30.5 Å². The zero-order valence-corrected chi connectivity index (χ0v) is 6.97. The molecule has 0 aromatic rings. The van der Waals surface area contributed by atoms with Gasteiger partial charge in [-0.1, -0.05) is 6.08 Å². The first-order valence-corrected chi connectivity index (χ1v) is 4.68. The third-order valence-corrected chi connectivity index (χ3v) is 3.22. The second-order valence-corrected chi connectivity index (χ2v) is 4.46. The molecule has 1 N–H and O–H groups in total. The molecule has 0 spiro atoms. The van der Waals surface area contributed by atoms with Crippen LogP contribution < -0.4 is 0 Å². The Morgan fingerprint density at radius 3 is 2.45 bits per heavy atom. The molecule has 0 aliphatic rings. The number of hydrogen-bond donors (Lipinski definition) is 1. The predicted octanol–water partition coefficient (Wildman–Crippen LogP) is 0.0603. The highest BCUT2D eigenvalue weighted by Gasteiger charge is 2.25. The standard InChI is InChI=1S/C6H10O4S/c1-3-4-11(9,10)5(2)6(7)8/h3,5H,1,4H2,2H3,(H,7,8). The van der Waals surface area contributed by atoms with Crippen molar-refractivity contribution in [1.82, 2.24) is 0 Å². The van der Waals surface area contributed by atoms with Gasteiger partial charge in [-0.3, -0.25) is 4.79 Å². The van der Waals surface area contributed by atoms with Crippen molar-refractivity contribution < 1.29 is 18.3 Å². The average Bonchev–Trinajstić information content (AvgIpc) is 1.86. The third-order valence-electron chi connectivity index (χ3n) is 1.24. The van der Waals surface area contributed by atoms with E-state index in [9.17, 15) is 13.2 Å². The highest BCUT2D eigenvalue weighted by molar-refractivity contribution is 7.92. The third kappa shape index (κ3) is 2.71. The minimum Gasteiger partial charge on any atom is -0.480 e. The minimum absolute atomic E-state index is 0.291. The molecule has 64 valence electrons. The molecule has 0 aromatic carbocycles. The minimum atomic E-state index is -3.53. The number of carbonyl (C=O) groups is 1. The molecule has 0 amide bonds. The molecule has 0 aliphatic carbocycles. The van der Waals surface area contributed by atoms with Gasteiger partial charge in [0.1, 0.15) is 0 Å². The SMILES string of the molecule is C=CCS(=O)(=O)C(C)C(=O)O. The van der Waals surface area contributed by atoms with Gasteiger partial charge in [0.25, 0.3) is 0 Å². The topological polar surface area (TPSA) is 71.4 Å². The van der Waals surface area contributed by atoms with Crippen LogP contribution in [0, 0.1) is 0 Å². The lowest BCUT2D eigenvalue weighted by atomic mass is 10.5. The summed E-state index contributed by atoms with van der Waals surface area (Å²) in [7, 11) is -3.53. The van der Waals surface area contributed by atoms with E-state index in [-0.39, 0.29) is 5.75 Å². The van der Waals surface area contributed by atoms with E-state index >= 15 is 0 Å². The fourth-order valence-corrected chi connectivity index (χ4v) is 1.39. The summed E-state index contributed by atoms with van der Waals surface area (Å²) in [4.78, 5) is 10.2. The number of hydrogen-bond acceptors (Lipinski definition) is 3. The van der Waals surface area contributed by atoms with Crippen molar-refractivity contribution in [2.24, 2.45) is 0 Å². The van der Waals surface area contributed by atoms with Crippen molar-refractivity contribution in [1.29, 1.82) is 0 Å². The molecule has 0 fully saturated rings. The van der Waals surface area contributed by atoms with Crippen LogP contribution in [-0.2, 0) is 14.6 Å². The highest BCUT2D eigenvalue weighted by Crippen LogP contribution is 2.01. The number of carboxylic acids is 1. The Labute approximate surface area is 65.5 Å². The van der Waals surface area contributed by atoms with E-state index in [4.69, 9.17) is 5.11 Å². The van der Waals surface area contributed by atoms with Crippen molar-refractivity contribution in [3.8, 4) is 0 Å². The van der Waals surface area contributed by atoms with Crippen molar-refractivity contribution >= 4 is 15.8 Å². The molecule has 0 saturated heterocycles. The van der Waals surface area contributed by atoms with E-state index in [1.165, 1.54) is 6.08 Å². The quantitative estimate of drug-likeness (QED) is 0.618. The second-order valence-electron chi connectivity index (χ2n) is 2.10. The number of sulfone groups is 1. The van der Waals surface area contributed by atoms with Crippen molar-refractivity contribution in [2.45, 2.75) is 12.2 Å². The van der Waals surface area contributed by atoms with E-state index in [0.29, 0.717) is 0 Å². The molecular weight excluding hydrogens is 168 g/mol. The van der Waals surface area contributed by atoms with Gasteiger partial charge in [0.15, 0.2) is 15.1 Å². The molecule has 11 heavy (non-hydrogen) atoms. The molecule has 4 nitrogen and oxygen atoms in total. The Morgan fingerprint density at radius 1 is 1.73 bits per heavy atom. The lowest BCUT2D eigenvalue weighted by molar-refractivity contribution is -0.136. The van der Waals surface area contributed by atoms with Gasteiger partial charge in [0.2, 0.25) is 0 Å². The molecule has 0 rings (SSSR count). The predicted molar refractivity (Wildman–Crippen MR) is 41.1 cm³/mol. The molecule has 0 saturated carbocycles. The van der Waals surface area contributed by atoms with Crippen LogP contribution in [0.5, 0.6) is 0 Å². The van der Waals surface area contributed by atoms with Gasteiger partial charge >= 0.3 is 5.97 Å². The maximum Gasteiger partial charge on any atom is 0.321 e. The number of carboxylic acid groups (broad SMARTS) is 1. The van der Waals surface area contributed by atoms with Crippen LogP contribution in [0.15, 0.2) is 12.7 Å². The average molecular weight is 178 g/mol. The van der Waals surface area contributed by atoms with Gasteiger partial charge in [-0.25, -0.2) is 8.42 Å². The fourth-order valence-electron chi connectivity index (χ4n) is 0.462. The molecule has 0 aliphatic heterocycles. The van der Waals surface area contributed by atoms with E-state index < -0.39 is 21.1 Å². The van der Waals surface area contributed by atoms with Gasteiger partial charge < -0.3 is 5.11 Å². The fraction of sp³-hybridized carbons (Fsp3) is 0.500. The van der Waals surface area contributed by atoms with Crippen LogP contribution in [0.2, 0.25) is 0 Å². The maximum atomic E-state index is 10.9. The molecule has 5 heteroatoms. The second kappa shape index (κ2) is 3.52. The summed E-state index contributed by atoms with van der Waals surface area (Å²) in [6, 6.07) is 0. The molecule has 1 atom stereocenters. The summed E-state index contributed by atoms with van der Waals surface area (Å²) in [6.45, 7) is 4.36. The Kier molecular flexibility index (Phi) is 3.25. The van der Waals surface area contributed by atoms with Gasteiger partial charge in [-0.2, -0.15) is 0 Å². The van der Waals surface area contributed by atoms with Gasteiger partial charge in [0, 0.05) is 0 Å². The van der Waals surface area contributed by atoms with Crippen molar-refractivity contribution in [2.75, 3.05) is 5.75 Å². The first kappa shape index (κ1) is 10.2. The largest absolute Gasteiger partial charge is 0.480 e. The van der Waals surface area contributed by atoms with Crippen LogP contribution >= 0.6 is 0 Å². The molecular formula is C6H10O4S. The lowest BCUT2D eigenvalue weighted by Gasteiger charge is -2.04. The van der Waals surface area contributed by atoms with Crippen LogP contribution in [0.3, 0.4) is 0 Å². The zero-order chi connectivity index (χ0) is 9.07. The van der Waals surface area contributed by atoms with Gasteiger partial charge in [-0.15, -0.1) is 6.58 Å². The molecule has 0 radical (unpaired) electrons. The van der Waals surface area contributed by atoms with Gasteiger partial charge in [0.05, 0.1) is 5.75 Å². The summed E-state index contributed by atoms with van der Waals surface area (Å²) >= 11 is 0. The van der Waals surface area contributed by atoms with Crippen molar-refractivity contribution in [3.63, 3.8) is 0 Å². The molecule has 0 aromatic heterocycles. The maximum absolute atomic E-state index is 10.9. The van der Waals surface area contributed by atoms with E-state index in [1.807, 2.05) is 0 Å². The van der Waals surface area contributed by atoms with E-state index in [0.717, 1.165) is 6.92 Å². The normalized spacial score (nSPS) is 13.9. The Morgan fingerprint density at radius 2 is 2.18 bits per heavy atom. The van der Waals surface area contributed by atoms with E-state index in [2.05, 4.69) is 6.58 Å². The smallest absolute Gasteiger partial charge is 0.321 e. The Balaban J connectivity index is 4.56.